The van der Waals surface area contributed by atoms with Crippen LogP contribution in [-0.2, 0) is 4.74 Å². The van der Waals surface area contributed by atoms with E-state index in [1.165, 1.54) is 5.69 Å². The van der Waals surface area contributed by atoms with Gasteiger partial charge < -0.3 is 9.64 Å². The molecule has 0 aromatic heterocycles. The first-order chi connectivity index (χ1) is 7.92. The van der Waals surface area contributed by atoms with Crippen LogP contribution in [-0.4, -0.2) is 50.3 Å². The minimum absolute atomic E-state index is 0.531. The molecule has 0 saturated carbocycles. The van der Waals surface area contributed by atoms with Crippen molar-refractivity contribution in [1.82, 2.24) is 4.90 Å². The third-order valence-corrected chi connectivity index (χ3v) is 3.36. The van der Waals surface area contributed by atoms with Crippen molar-refractivity contribution >= 4 is 5.69 Å². The summed E-state index contributed by atoms with van der Waals surface area (Å²) in [5.41, 5.74) is 1.35. The van der Waals surface area contributed by atoms with Crippen molar-refractivity contribution in [2.24, 2.45) is 0 Å². The first kappa shape index (κ1) is 10.1. The monoisotopic (exact) mass is 218 g/mol. The lowest BCUT2D eigenvalue weighted by Gasteiger charge is -2.35. The Morgan fingerprint density at radius 3 is 2.38 bits per heavy atom. The molecule has 3 heteroatoms. The number of hydrogen-bond donors (Lipinski definition) is 0. The van der Waals surface area contributed by atoms with Gasteiger partial charge in [0, 0.05) is 38.4 Å². The number of piperazine rings is 1. The number of para-hydroxylation sites is 1. The largest absolute Gasteiger partial charge is 0.372 e. The van der Waals surface area contributed by atoms with Crippen molar-refractivity contribution in [3.63, 3.8) is 0 Å². The van der Waals surface area contributed by atoms with Gasteiger partial charge in [0.15, 0.2) is 0 Å². The summed E-state index contributed by atoms with van der Waals surface area (Å²) in [5.74, 6) is 0. The number of epoxide rings is 1. The Morgan fingerprint density at radius 2 is 1.75 bits per heavy atom. The predicted octanol–water partition coefficient (Wildman–Crippen LogP) is 1.21. The molecule has 3 rings (SSSR count). The summed E-state index contributed by atoms with van der Waals surface area (Å²) in [4.78, 5) is 4.97. The number of ether oxygens (including phenoxy) is 1. The van der Waals surface area contributed by atoms with Gasteiger partial charge in [0.1, 0.15) is 0 Å². The maximum Gasteiger partial charge on any atom is 0.0936 e. The molecule has 0 spiro atoms. The molecular weight excluding hydrogens is 200 g/mol. The first-order valence-electron chi connectivity index (χ1n) is 6.06. The molecule has 1 aromatic carbocycles. The Labute approximate surface area is 96.6 Å². The molecule has 0 bridgehead atoms. The van der Waals surface area contributed by atoms with Gasteiger partial charge in [0.2, 0.25) is 0 Å². The van der Waals surface area contributed by atoms with Crippen LogP contribution in [0.2, 0.25) is 0 Å². The zero-order valence-corrected chi connectivity index (χ0v) is 9.51. The van der Waals surface area contributed by atoms with Crippen LogP contribution in [0.15, 0.2) is 30.3 Å². The standard InChI is InChI=1S/C13H18N2O/c1-2-4-12(5-3-1)15-8-6-14(7-9-15)10-13-11-16-13/h1-5,13H,6-11H2/t13-/m0/s1. The van der Waals surface area contributed by atoms with Crippen LogP contribution < -0.4 is 4.90 Å². The molecule has 0 radical (unpaired) electrons. The van der Waals surface area contributed by atoms with Gasteiger partial charge in [0.05, 0.1) is 12.7 Å². The molecule has 2 aliphatic heterocycles. The maximum atomic E-state index is 5.27. The number of benzene rings is 1. The second-order valence-corrected chi connectivity index (χ2v) is 4.58. The van der Waals surface area contributed by atoms with E-state index >= 15 is 0 Å². The SMILES string of the molecule is c1ccc(N2CCN(C[C@H]3CO3)CC2)cc1. The normalized spacial score (nSPS) is 25.8. The van der Waals surface area contributed by atoms with E-state index in [1.54, 1.807) is 0 Å². The summed E-state index contributed by atoms with van der Waals surface area (Å²) in [5, 5.41) is 0. The minimum Gasteiger partial charge on any atom is -0.372 e. The van der Waals surface area contributed by atoms with Crippen LogP contribution in [0.25, 0.3) is 0 Å². The van der Waals surface area contributed by atoms with Crippen molar-refractivity contribution in [2.45, 2.75) is 6.10 Å². The summed E-state index contributed by atoms with van der Waals surface area (Å²) in [7, 11) is 0. The van der Waals surface area contributed by atoms with E-state index < -0.39 is 0 Å². The average molecular weight is 218 g/mol. The number of hydrogen-bond acceptors (Lipinski definition) is 3. The lowest BCUT2D eigenvalue weighted by atomic mass is 10.2. The van der Waals surface area contributed by atoms with Gasteiger partial charge in [0.25, 0.3) is 0 Å². The molecule has 86 valence electrons. The van der Waals surface area contributed by atoms with Crippen molar-refractivity contribution in [3.05, 3.63) is 30.3 Å². The second kappa shape index (κ2) is 4.44. The summed E-state index contributed by atoms with van der Waals surface area (Å²) in [6, 6.07) is 10.7. The zero-order chi connectivity index (χ0) is 10.8. The summed E-state index contributed by atoms with van der Waals surface area (Å²) >= 11 is 0. The topological polar surface area (TPSA) is 19.0 Å². The van der Waals surface area contributed by atoms with E-state index in [4.69, 9.17) is 4.74 Å². The Kier molecular flexibility index (Phi) is 2.80. The number of anilines is 1. The molecule has 1 atom stereocenters. The van der Waals surface area contributed by atoms with Crippen molar-refractivity contribution in [1.29, 1.82) is 0 Å². The molecule has 2 saturated heterocycles. The predicted molar refractivity (Wildman–Crippen MR) is 64.8 cm³/mol. The minimum atomic E-state index is 0.531. The lowest BCUT2D eigenvalue weighted by molar-refractivity contribution is 0.230. The highest BCUT2D eigenvalue weighted by atomic mass is 16.6. The highest BCUT2D eigenvalue weighted by Gasteiger charge is 2.27. The van der Waals surface area contributed by atoms with E-state index in [0.29, 0.717) is 6.10 Å². The third kappa shape index (κ3) is 2.36. The Hall–Kier alpha value is -1.06. The molecule has 2 heterocycles. The smallest absolute Gasteiger partial charge is 0.0936 e. The van der Waals surface area contributed by atoms with E-state index in [2.05, 4.69) is 40.1 Å². The van der Waals surface area contributed by atoms with Gasteiger partial charge in [-0.2, -0.15) is 0 Å². The Bertz CT molecular complexity index is 329. The van der Waals surface area contributed by atoms with Crippen LogP contribution in [0, 0.1) is 0 Å². The molecule has 2 aliphatic rings. The fourth-order valence-corrected chi connectivity index (χ4v) is 2.29. The van der Waals surface area contributed by atoms with Gasteiger partial charge >= 0.3 is 0 Å². The number of nitrogens with zero attached hydrogens (tertiary/aromatic N) is 2. The summed E-state index contributed by atoms with van der Waals surface area (Å²) in [6.45, 7) is 6.69. The van der Waals surface area contributed by atoms with E-state index in [-0.39, 0.29) is 0 Å². The average Bonchev–Trinajstić information content (AvgIpc) is 3.15. The molecule has 0 amide bonds. The summed E-state index contributed by atoms with van der Waals surface area (Å²) < 4.78 is 5.27. The van der Waals surface area contributed by atoms with Crippen LogP contribution in [0.1, 0.15) is 0 Å². The molecular formula is C13H18N2O. The molecule has 3 nitrogen and oxygen atoms in total. The molecule has 0 aliphatic carbocycles. The van der Waals surface area contributed by atoms with Gasteiger partial charge in [-0.15, -0.1) is 0 Å². The first-order valence-corrected chi connectivity index (χ1v) is 6.06. The second-order valence-electron chi connectivity index (χ2n) is 4.58. The van der Waals surface area contributed by atoms with Crippen molar-refractivity contribution in [3.8, 4) is 0 Å². The maximum absolute atomic E-state index is 5.27. The fourth-order valence-electron chi connectivity index (χ4n) is 2.29. The Morgan fingerprint density at radius 1 is 1.06 bits per heavy atom. The fraction of sp³-hybridized carbons (Fsp3) is 0.538. The van der Waals surface area contributed by atoms with Crippen molar-refractivity contribution < 1.29 is 4.74 Å². The highest BCUT2D eigenvalue weighted by molar-refractivity contribution is 5.46. The van der Waals surface area contributed by atoms with Gasteiger partial charge in [-0.25, -0.2) is 0 Å². The van der Waals surface area contributed by atoms with Crippen LogP contribution >= 0.6 is 0 Å². The van der Waals surface area contributed by atoms with Gasteiger partial charge in [-0.05, 0) is 12.1 Å². The third-order valence-electron chi connectivity index (χ3n) is 3.36. The van der Waals surface area contributed by atoms with Crippen LogP contribution in [0.3, 0.4) is 0 Å². The quantitative estimate of drug-likeness (QED) is 0.711. The molecule has 1 aromatic rings. The van der Waals surface area contributed by atoms with Crippen molar-refractivity contribution in [2.75, 3.05) is 44.2 Å². The molecule has 2 fully saturated rings. The number of rotatable bonds is 3. The zero-order valence-electron chi connectivity index (χ0n) is 9.51. The van der Waals surface area contributed by atoms with Crippen LogP contribution in [0.4, 0.5) is 5.69 Å². The molecule has 0 N–H and O–H groups in total. The van der Waals surface area contributed by atoms with E-state index in [9.17, 15) is 0 Å². The Balaban J connectivity index is 1.53. The van der Waals surface area contributed by atoms with Gasteiger partial charge in [-0.3, -0.25) is 4.90 Å². The summed E-state index contributed by atoms with van der Waals surface area (Å²) in [6.07, 6.45) is 0.531. The highest BCUT2D eigenvalue weighted by Crippen LogP contribution is 2.17. The van der Waals surface area contributed by atoms with E-state index in [0.717, 1.165) is 39.3 Å². The molecule has 16 heavy (non-hydrogen) atoms. The van der Waals surface area contributed by atoms with Crippen LogP contribution in [0.5, 0.6) is 0 Å². The lowest BCUT2D eigenvalue weighted by Crippen LogP contribution is -2.47. The van der Waals surface area contributed by atoms with Gasteiger partial charge in [-0.1, -0.05) is 18.2 Å². The van der Waals surface area contributed by atoms with E-state index in [1.807, 2.05) is 0 Å². The molecule has 0 unspecified atom stereocenters.